The average Bonchev–Trinajstić information content (AvgIpc) is 2.15. The van der Waals surface area contributed by atoms with Gasteiger partial charge in [0.2, 0.25) is 5.91 Å². The van der Waals surface area contributed by atoms with Crippen molar-refractivity contribution in [3.05, 3.63) is 0 Å². The number of likely N-dealkylation sites (N-methyl/N-ethyl adjacent to an activating group) is 1. The Kier molecular flexibility index (Phi) is 4.98. The molecule has 0 N–H and O–H groups in total. The first-order valence-corrected chi connectivity index (χ1v) is 7.08. The zero-order valence-corrected chi connectivity index (χ0v) is 9.79. The average molecular weight is 220 g/mol. The van der Waals surface area contributed by atoms with Gasteiger partial charge in [0.25, 0.3) is 0 Å². The Bertz CT molecular complexity index is 170. The van der Waals surface area contributed by atoms with Crippen molar-refractivity contribution in [1.82, 2.24) is 9.80 Å². The van der Waals surface area contributed by atoms with Crippen molar-refractivity contribution in [1.29, 1.82) is 0 Å². The molecular weight excluding hydrogens is 204 g/mol. The second-order valence-electron chi connectivity index (χ2n) is 3.11. The zero-order valence-electron chi connectivity index (χ0n) is 8.15. The summed E-state index contributed by atoms with van der Waals surface area (Å²) in [5.74, 6) is 0.901. The molecule has 13 heavy (non-hydrogen) atoms. The number of rotatable bonds is 3. The van der Waals surface area contributed by atoms with Gasteiger partial charge in [0.05, 0.1) is 5.75 Å². The fourth-order valence-corrected chi connectivity index (χ4v) is 2.31. The molecule has 1 aliphatic rings. The fraction of sp³-hybridized carbons (Fsp3) is 0.875. The van der Waals surface area contributed by atoms with Gasteiger partial charge in [-0.1, -0.05) is 21.6 Å². The summed E-state index contributed by atoms with van der Waals surface area (Å²) < 4.78 is 0. The smallest absolute Gasteiger partial charge is 0.233 e. The van der Waals surface area contributed by atoms with Crippen molar-refractivity contribution >= 4 is 27.5 Å². The van der Waals surface area contributed by atoms with Crippen molar-refractivity contribution in [3.8, 4) is 0 Å². The van der Waals surface area contributed by atoms with E-state index < -0.39 is 0 Å². The molecule has 76 valence electrons. The maximum Gasteiger partial charge on any atom is 0.233 e. The quantitative estimate of drug-likeness (QED) is 0.656. The van der Waals surface area contributed by atoms with Gasteiger partial charge in [0.1, 0.15) is 0 Å². The number of piperazine rings is 1. The summed E-state index contributed by atoms with van der Waals surface area (Å²) in [6.45, 7) is 3.81. The topological polar surface area (TPSA) is 23.6 Å². The highest BCUT2D eigenvalue weighted by atomic mass is 33.1. The summed E-state index contributed by atoms with van der Waals surface area (Å²) in [6, 6.07) is 0. The second-order valence-corrected chi connectivity index (χ2v) is 5.68. The normalized spacial score (nSPS) is 19.1. The molecule has 0 aromatic carbocycles. The second kappa shape index (κ2) is 5.78. The molecule has 1 amide bonds. The van der Waals surface area contributed by atoms with Gasteiger partial charge in [-0.25, -0.2) is 0 Å². The van der Waals surface area contributed by atoms with Crippen molar-refractivity contribution in [2.75, 3.05) is 45.2 Å². The molecule has 0 spiro atoms. The minimum atomic E-state index is 0.285. The third kappa shape index (κ3) is 3.79. The van der Waals surface area contributed by atoms with E-state index >= 15 is 0 Å². The van der Waals surface area contributed by atoms with Crippen LogP contribution < -0.4 is 0 Å². The first kappa shape index (κ1) is 11.2. The fourth-order valence-electron chi connectivity index (χ4n) is 1.26. The highest BCUT2D eigenvalue weighted by Gasteiger charge is 2.18. The van der Waals surface area contributed by atoms with Crippen LogP contribution in [0.2, 0.25) is 0 Å². The lowest BCUT2D eigenvalue weighted by Gasteiger charge is -2.32. The van der Waals surface area contributed by atoms with E-state index in [1.807, 2.05) is 11.2 Å². The third-order valence-corrected chi connectivity index (χ3v) is 3.82. The van der Waals surface area contributed by atoms with Crippen LogP contribution in [-0.2, 0) is 4.79 Å². The molecule has 1 fully saturated rings. The lowest BCUT2D eigenvalue weighted by Crippen LogP contribution is -2.47. The number of nitrogens with zero attached hydrogens (tertiary/aromatic N) is 2. The molecular formula is C8H16N2OS2. The Morgan fingerprint density at radius 1 is 1.31 bits per heavy atom. The van der Waals surface area contributed by atoms with Gasteiger partial charge in [-0.3, -0.25) is 4.79 Å². The number of carbonyl (C=O) groups is 1. The molecule has 0 atom stereocenters. The minimum Gasteiger partial charge on any atom is -0.339 e. The van der Waals surface area contributed by atoms with Gasteiger partial charge in [0.15, 0.2) is 0 Å². The van der Waals surface area contributed by atoms with Crippen molar-refractivity contribution in [2.45, 2.75) is 0 Å². The SMILES string of the molecule is CSSCC(=O)N1CCN(C)CC1. The molecule has 1 heterocycles. The van der Waals surface area contributed by atoms with Crippen LogP contribution in [0.3, 0.4) is 0 Å². The lowest BCUT2D eigenvalue weighted by molar-refractivity contribution is -0.129. The van der Waals surface area contributed by atoms with Crippen LogP contribution in [0, 0.1) is 0 Å². The molecule has 0 aromatic rings. The van der Waals surface area contributed by atoms with Crippen LogP contribution >= 0.6 is 21.6 Å². The Labute approximate surface area is 87.6 Å². The van der Waals surface area contributed by atoms with Crippen molar-refractivity contribution in [3.63, 3.8) is 0 Å². The van der Waals surface area contributed by atoms with E-state index in [-0.39, 0.29) is 5.91 Å². The Balaban J connectivity index is 2.23. The summed E-state index contributed by atoms with van der Waals surface area (Å²) in [5.41, 5.74) is 0. The third-order valence-electron chi connectivity index (χ3n) is 2.16. The minimum absolute atomic E-state index is 0.285. The van der Waals surface area contributed by atoms with E-state index in [1.165, 1.54) is 0 Å². The largest absolute Gasteiger partial charge is 0.339 e. The van der Waals surface area contributed by atoms with E-state index in [2.05, 4.69) is 11.9 Å². The first-order chi connectivity index (χ1) is 6.24. The summed E-state index contributed by atoms with van der Waals surface area (Å²) in [6.07, 6.45) is 2.00. The maximum atomic E-state index is 11.5. The monoisotopic (exact) mass is 220 g/mol. The Morgan fingerprint density at radius 2 is 1.92 bits per heavy atom. The summed E-state index contributed by atoms with van der Waals surface area (Å²) in [7, 11) is 5.37. The Morgan fingerprint density at radius 3 is 2.46 bits per heavy atom. The summed E-state index contributed by atoms with van der Waals surface area (Å²) in [4.78, 5) is 15.8. The van der Waals surface area contributed by atoms with Crippen LogP contribution in [0.1, 0.15) is 0 Å². The maximum absolute atomic E-state index is 11.5. The molecule has 3 nitrogen and oxygen atoms in total. The van der Waals surface area contributed by atoms with Crippen LogP contribution in [0.5, 0.6) is 0 Å². The molecule has 0 radical (unpaired) electrons. The number of hydrogen-bond donors (Lipinski definition) is 0. The first-order valence-electron chi connectivity index (χ1n) is 4.36. The summed E-state index contributed by atoms with van der Waals surface area (Å²) in [5, 5.41) is 0. The number of hydrogen-bond acceptors (Lipinski definition) is 4. The lowest BCUT2D eigenvalue weighted by atomic mass is 10.3. The number of amides is 1. The van der Waals surface area contributed by atoms with Gasteiger partial charge < -0.3 is 9.80 Å². The van der Waals surface area contributed by atoms with E-state index in [0.29, 0.717) is 5.75 Å². The molecule has 0 saturated carbocycles. The van der Waals surface area contributed by atoms with E-state index in [0.717, 1.165) is 26.2 Å². The highest BCUT2D eigenvalue weighted by Crippen LogP contribution is 2.17. The van der Waals surface area contributed by atoms with E-state index in [9.17, 15) is 4.79 Å². The van der Waals surface area contributed by atoms with Crippen LogP contribution in [0.25, 0.3) is 0 Å². The standard InChI is InChI=1S/C8H16N2OS2/c1-9-3-5-10(6-4-9)8(11)7-13-12-2/h3-7H2,1-2H3. The van der Waals surface area contributed by atoms with Crippen LogP contribution in [0.15, 0.2) is 0 Å². The highest BCUT2D eigenvalue weighted by molar-refractivity contribution is 8.76. The molecule has 0 bridgehead atoms. The predicted molar refractivity (Wildman–Crippen MR) is 60.1 cm³/mol. The van der Waals surface area contributed by atoms with Gasteiger partial charge in [-0.15, -0.1) is 0 Å². The molecule has 1 saturated heterocycles. The van der Waals surface area contributed by atoms with Gasteiger partial charge in [-0.2, -0.15) is 0 Å². The van der Waals surface area contributed by atoms with Crippen LogP contribution in [0.4, 0.5) is 0 Å². The predicted octanol–water partition coefficient (Wildman–Crippen LogP) is 0.772. The molecule has 5 heteroatoms. The van der Waals surface area contributed by atoms with E-state index in [4.69, 9.17) is 0 Å². The number of carbonyl (C=O) groups excluding carboxylic acids is 1. The molecule has 1 aliphatic heterocycles. The van der Waals surface area contributed by atoms with Crippen molar-refractivity contribution in [2.24, 2.45) is 0 Å². The summed E-state index contributed by atoms with van der Waals surface area (Å²) >= 11 is 0. The Hall–Kier alpha value is 0.130. The van der Waals surface area contributed by atoms with Gasteiger partial charge in [-0.05, 0) is 13.3 Å². The molecule has 1 rings (SSSR count). The molecule has 0 aromatic heterocycles. The molecule has 0 aliphatic carbocycles. The van der Waals surface area contributed by atoms with Crippen molar-refractivity contribution < 1.29 is 4.79 Å². The van der Waals surface area contributed by atoms with Gasteiger partial charge >= 0.3 is 0 Å². The van der Waals surface area contributed by atoms with Crippen LogP contribution in [-0.4, -0.2) is 60.9 Å². The molecule has 0 unspecified atom stereocenters. The zero-order chi connectivity index (χ0) is 9.68. The van der Waals surface area contributed by atoms with E-state index in [1.54, 1.807) is 21.6 Å². The van der Waals surface area contributed by atoms with Gasteiger partial charge in [0, 0.05) is 26.2 Å².